The van der Waals surface area contributed by atoms with Gasteiger partial charge >= 0.3 is 6.55 Å². The maximum Gasteiger partial charge on any atom is 0.333 e. The number of fused-ring (bicyclic) bond motifs is 1. The zero-order chi connectivity index (χ0) is 23.3. The molecule has 7 nitrogen and oxygen atoms in total. The first-order chi connectivity index (χ1) is 15.8. The minimum Gasteiger partial charge on any atom is -0.393 e. The van der Waals surface area contributed by atoms with Gasteiger partial charge in [-0.05, 0) is 18.2 Å². The predicted molar refractivity (Wildman–Crippen MR) is 117 cm³/mol. The molecular formula is C21H17ClF3N5O2S. The summed E-state index contributed by atoms with van der Waals surface area (Å²) in [5.74, 6) is -0.0937. The quantitative estimate of drug-likeness (QED) is 0.561. The normalized spacial score (nSPS) is 22.8. The summed E-state index contributed by atoms with van der Waals surface area (Å²) in [7, 11) is 0. The van der Waals surface area contributed by atoms with Crippen LogP contribution in [0.3, 0.4) is 0 Å². The largest absolute Gasteiger partial charge is 0.393 e. The van der Waals surface area contributed by atoms with Crippen molar-refractivity contribution in [2.45, 2.75) is 24.6 Å². The van der Waals surface area contributed by atoms with Gasteiger partial charge in [0.05, 0.1) is 18.8 Å². The van der Waals surface area contributed by atoms with Crippen molar-refractivity contribution in [3.8, 4) is 0 Å². The standard InChI is InChI=1S/C21H17ClF3N5O2S/c22-13-7-11(23)1-2-12(13)17-16(14-3-5-30(28-14)20(24)25)15-8-21(32,10-31)9-29(15)18(27-17)19-26-4-6-33-19/h1-7,17,20,31-32H,8-10H2/t17-,21+/m0/s1. The van der Waals surface area contributed by atoms with Gasteiger partial charge in [-0.25, -0.2) is 14.1 Å². The van der Waals surface area contributed by atoms with Crippen molar-refractivity contribution >= 4 is 34.3 Å². The van der Waals surface area contributed by atoms with Crippen LogP contribution >= 0.6 is 22.9 Å². The van der Waals surface area contributed by atoms with Crippen LogP contribution in [0, 0.1) is 5.82 Å². The minimum absolute atomic E-state index is 0.0279. The van der Waals surface area contributed by atoms with Crippen molar-refractivity contribution in [2.75, 3.05) is 13.2 Å². The van der Waals surface area contributed by atoms with Crippen LogP contribution in [0.15, 0.2) is 52.7 Å². The molecule has 172 valence electrons. The lowest BCUT2D eigenvalue weighted by atomic mass is 9.91. The van der Waals surface area contributed by atoms with E-state index >= 15 is 0 Å². The van der Waals surface area contributed by atoms with E-state index in [4.69, 9.17) is 16.6 Å². The Hall–Kier alpha value is -2.73. The summed E-state index contributed by atoms with van der Waals surface area (Å²) in [6.45, 7) is -3.33. The average Bonchev–Trinajstić information content (AvgIpc) is 3.52. The zero-order valence-electron chi connectivity index (χ0n) is 16.9. The molecule has 0 spiro atoms. The first-order valence-electron chi connectivity index (χ1n) is 9.90. The second kappa shape index (κ2) is 8.24. The van der Waals surface area contributed by atoms with Gasteiger partial charge in [-0.1, -0.05) is 17.7 Å². The van der Waals surface area contributed by atoms with Crippen molar-refractivity contribution in [1.29, 1.82) is 0 Å². The van der Waals surface area contributed by atoms with E-state index < -0.39 is 30.6 Å². The molecule has 5 rings (SSSR count). The number of benzene rings is 1. The van der Waals surface area contributed by atoms with Gasteiger partial charge in [0, 0.05) is 46.1 Å². The summed E-state index contributed by atoms with van der Waals surface area (Å²) in [6, 6.07) is 4.48. The van der Waals surface area contributed by atoms with Gasteiger partial charge in [0.15, 0.2) is 10.8 Å². The Bertz CT molecular complexity index is 1260. The van der Waals surface area contributed by atoms with Gasteiger partial charge in [0.1, 0.15) is 17.5 Å². The lowest BCUT2D eigenvalue weighted by Crippen LogP contribution is -2.39. The second-order valence-electron chi connectivity index (χ2n) is 7.82. The Kier molecular flexibility index (Phi) is 5.52. The topological polar surface area (TPSA) is 86.8 Å². The molecule has 2 atom stereocenters. The number of nitrogens with zero attached hydrogens (tertiary/aromatic N) is 5. The van der Waals surface area contributed by atoms with E-state index in [1.165, 1.54) is 29.5 Å². The van der Waals surface area contributed by atoms with E-state index in [0.29, 0.717) is 32.4 Å². The molecule has 1 saturated heterocycles. The SMILES string of the molecule is OC[C@@]1(O)CC2=C(c3ccn(C(F)F)n3)[C@H](c3ccc(F)cc3Cl)N=C(c3nccs3)N2C1. The van der Waals surface area contributed by atoms with Gasteiger partial charge in [0.2, 0.25) is 0 Å². The van der Waals surface area contributed by atoms with Crippen molar-refractivity contribution in [2.24, 2.45) is 4.99 Å². The number of hydrogen-bond acceptors (Lipinski definition) is 7. The number of amidine groups is 1. The number of rotatable bonds is 5. The van der Waals surface area contributed by atoms with E-state index in [1.54, 1.807) is 16.5 Å². The summed E-state index contributed by atoms with van der Waals surface area (Å²) in [5.41, 5.74) is 0.167. The highest BCUT2D eigenvalue weighted by Crippen LogP contribution is 2.47. The highest BCUT2D eigenvalue weighted by atomic mass is 35.5. The number of thiazole rings is 1. The van der Waals surface area contributed by atoms with E-state index in [1.807, 2.05) is 0 Å². The van der Waals surface area contributed by atoms with Crippen LogP contribution < -0.4 is 0 Å². The summed E-state index contributed by atoms with van der Waals surface area (Å²) in [4.78, 5) is 10.9. The predicted octanol–water partition coefficient (Wildman–Crippen LogP) is 3.87. The van der Waals surface area contributed by atoms with Crippen LogP contribution in [-0.2, 0) is 0 Å². The molecule has 2 aromatic heterocycles. The van der Waals surface area contributed by atoms with Crippen LogP contribution in [0.1, 0.15) is 35.3 Å². The van der Waals surface area contributed by atoms with Crippen LogP contribution in [0.2, 0.25) is 5.02 Å². The molecule has 2 aliphatic rings. The number of aliphatic hydroxyl groups excluding tert-OH is 1. The summed E-state index contributed by atoms with van der Waals surface area (Å²) < 4.78 is 40.8. The first kappa shape index (κ1) is 22.1. The zero-order valence-corrected chi connectivity index (χ0v) is 18.4. The van der Waals surface area contributed by atoms with Gasteiger partial charge < -0.3 is 15.1 Å². The molecule has 1 fully saturated rings. The lowest BCUT2D eigenvalue weighted by Gasteiger charge is -2.32. The van der Waals surface area contributed by atoms with Crippen LogP contribution in [0.5, 0.6) is 0 Å². The monoisotopic (exact) mass is 495 g/mol. The maximum atomic E-state index is 13.8. The minimum atomic E-state index is -2.84. The number of aliphatic hydroxyl groups is 2. The molecule has 0 radical (unpaired) electrons. The molecule has 3 aromatic rings. The number of alkyl halides is 2. The third-order valence-corrected chi connectivity index (χ3v) is 6.72. The fraction of sp³-hybridized carbons (Fsp3) is 0.286. The Morgan fingerprint density at radius 1 is 1.30 bits per heavy atom. The number of hydrogen-bond donors (Lipinski definition) is 2. The van der Waals surface area contributed by atoms with Crippen molar-refractivity contribution < 1.29 is 23.4 Å². The first-order valence-corrected chi connectivity index (χ1v) is 11.2. The molecule has 0 unspecified atom stereocenters. The molecule has 12 heteroatoms. The third kappa shape index (κ3) is 3.84. The smallest absolute Gasteiger partial charge is 0.333 e. The fourth-order valence-corrected chi connectivity index (χ4v) is 5.06. The third-order valence-electron chi connectivity index (χ3n) is 5.63. The summed E-state index contributed by atoms with van der Waals surface area (Å²) >= 11 is 7.71. The van der Waals surface area contributed by atoms with Crippen LogP contribution in [-0.4, -0.2) is 54.5 Å². The van der Waals surface area contributed by atoms with Gasteiger partial charge in [0.25, 0.3) is 0 Å². The molecule has 1 aromatic carbocycles. The van der Waals surface area contributed by atoms with Crippen molar-refractivity contribution in [3.05, 3.63) is 74.8 Å². The number of aromatic nitrogens is 3. The Morgan fingerprint density at radius 3 is 2.76 bits per heavy atom. The number of halogens is 4. The van der Waals surface area contributed by atoms with Crippen LogP contribution in [0.4, 0.5) is 13.2 Å². The highest BCUT2D eigenvalue weighted by Gasteiger charge is 2.46. The molecular weight excluding hydrogens is 479 g/mol. The van der Waals surface area contributed by atoms with E-state index in [0.717, 1.165) is 12.3 Å². The molecule has 2 aliphatic heterocycles. The molecule has 0 aliphatic carbocycles. The fourth-order valence-electron chi connectivity index (χ4n) is 4.15. The Balaban J connectivity index is 1.76. The summed E-state index contributed by atoms with van der Waals surface area (Å²) in [6.07, 6.45) is 2.79. The molecule has 0 saturated carbocycles. The van der Waals surface area contributed by atoms with Crippen molar-refractivity contribution in [1.82, 2.24) is 19.7 Å². The van der Waals surface area contributed by atoms with Crippen LogP contribution in [0.25, 0.3) is 5.57 Å². The molecule has 4 heterocycles. The van der Waals surface area contributed by atoms with E-state index in [2.05, 4.69) is 10.1 Å². The maximum absolute atomic E-state index is 13.8. The molecule has 33 heavy (non-hydrogen) atoms. The summed E-state index contributed by atoms with van der Waals surface area (Å²) in [5, 5.41) is 27.2. The van der Waals surface area contributed by atoms with Gasteiger partial charge in [-0.15, -0.1) is 11.3 Å². The van der Waals surface area contributed by atoms with Crippen molar-refractivity contribution in [3.63, 3.8) is 0 Å². The Labute approximate surface area is 195 Å². The highest BCUT2D eigenvalue weighted by molar-refractivity contribution is 7.11. The van der Waals surface area contributed by atoms with E-state index in [9.17, 15) is 23.4 Å². The van der Waals surface area contributed by atoms with Gasteiger partial charge in [-0.3, -0.25) is 4.99 Å². The Morgan fingerprint density at radius 2 is 2.12 bits per heavy atom. The lowest BCUT2D eigenvalue weighted by molar-refractivity contribution is -0.000750. The number of aliphatic imine (C=N–C) groups is 1. The van der Waals surface area contributed by atoms with E-state index in [-0.39, 0.29) is 23.7 Å². The molecule has 0 bridgehead atoms. The second-order valence-corrected chi connectivity index (χ2v) is 9.12. The molecule has 2 N–H and O–H groups in total. The molecule has 0 amide bonds. The van der Waals surface area contributed by atoms with Gasteiger partial charge in [-0.2, -0.15) is 13.9 Å². The average molecular weight is 496 g/mol.